The van der Waals surface area contributed by atoms with Crippen molar-refractivity contribution in [2.75, 3.05) is 0 Å². The Hall–Kier alpha value is -2.61. The number of carbonyl (C=O) groups is 1. The molecule has 226 valence electrons. The largest absolute Gasteiger partial charge is 0.461 e. The lowest BCUT2D eigenvalue weighted by molar-refractivity contribution is -0.145. The molecular weight excluding hydrogens is 526 g/mol. The van der Waals surface area contributed by atoms with Crippen molar-refractivity contribution in [2.45, 2.75) is 109 Å². The number of halogens is 2. The summed E-state index contributed by atoms with van der Waals surface area (Å²) >= 11 is 0. The van der Waals surface area contributed by atoms with Gasteiger partial charge in [-0.05, 0) is 61.5 Å². The number of hydrogen-bond donors (Lipinski definition) is 2. The zero-order chi connectivity index (χ0) is 29.5. The molecule has 0 radical (unpaired) electrons. The van der Waals surface area contributed by atoms with Gasteiger partial charge in [0, 0.05) is 19.3 Å². The van der Waals surface area contributed by atoms with Crippen LogP contribution in [0.4, 0.5) is 8.78 Å². The Morgan fingerprint density at radius 2 is 1.66 bits per heavy atom. The molecule has 1 fully saturated rings. The van der Waals surface area contributed by atoms with Crippen LogP contribution in [0.15, 0.2) is 72.8 Å². The molecule has 0 aliphatic heterocycles. The van der Waals surface area contributed by atoms with E-state index in [1.54, 1.807) is 0 Å². The monoisotopic (exact) mass is 572 g/mol. The van der Waals surface area contributed by atoms with Crippen molar-refractivity contribution < 1.29 is 33.3 Å². The number of ether oxygens (including phenoxy) is 2. The third-order valence-electron chi connectivity index (χ3n) is 8.00. The van der Waals surface area contributed by atoms with Crippen molar-refractivity contribution in [1.82, 2.24) is 0 Å². The molecule has 0 bridgehead atoms. The van der Waals surface area contributed by atoms with E-state index < -0.39 is 18.1 Å². The summed E-state index contributed by atoms with van der Waals surface area (Å²) in [7, 11) is 0. The van der Waals surface area contributed by atoms with Gasteiger partial charge in [-0.2, -0.15) is 0 Å². The number of benzene rings is 2. The van der Waals surface area contributed by atoms with Crippen molar-refractivity contribution >= 4 is 5.97 Å². The summed E-state index contributed by atoms with van der Waals surface area (Å²) in [6.45, 7) is 2.50. The molecule has 0 spiro atoms. The molecular formula is C34H46F2O5. The maximum atomic E-state index is 14.5. The van der Waals surface area contributed by atoms with E-state index in [0.717, 1.165) is 11.1 Å². The second kappa shape index (κ2) is 17.4. The van der Waals surface area contributed by atoms with Gasteiger partial charge in [-0.15, -0.1) is 0 Å². The van der Waals surface area contributed by atoms with Crippen LogP contribution in [0.1, 0.15) is 82.3 Å². The predicted molar refractivity (Wildman–Crippen MR) is 156 cm³/mol. The molecule has 41 heavy (non-hydrogen) atoms. The molecule has 1 aliphatic rings. The van der Waals surface area contributed by atoms with Crippen LogP contribution in [0, 0.1) is 11.8 Å². The Kier molecular flexibility index (Phi) is 13.9. The van der Waals surface area contributed by atoms with E-state index in [4.69, 9.17) is 9.47 Å². The van der Waals surface area contributed by atoms with Crippen LogP contribution in [0.5, 0.6) is 0 Å². The maximum Gasteiger partial charge on any atom is 0.306 e. The van der Waals surface area contributed by atoms with E-state index in [-0.39, 0.29) is 43.4 Å². The lowest BCUT2D eigenvalue weighted by Gasteiger charge is -2.28. The number of aliphatic hydroxyl groups is 2. The van der Waals surface area contributed by atoms with Gasteiger partial charge in [0.1, 0.15) is 12.7 Å². The van der Waals surface area contributed by atoms with Crippen molar-refractivity contribution in [2.24, 2.45) is 11.8 Å². The van der Waals surface area contributed by atoms with Crippen molar-refractivity contribution in [3.05, 3.63) is 83.9 Å². The van der Waals surface area contributed by atoms with Gasteiger partial charge in [0.25, 0.3) is 5.92 Å². The normalized spacial score (nSPS) is 21.8. The Morgan fingerprint density at radius 3 is 2.32 bits per heavy atom. The van der Waals surface area contributed by atoms with E-state index >= 15 is 0 Å². The molecule has 0 heterocycles. The third-order valence-corrected chi connectivity index (χ3v) is 8.00. The molecule has 0 amide bonds. The van der Waals surface area contributed by atoms with Crippen LogP contribution in [0.3, 0.4) is 0 Å². The van der Waals surface area contributed by atoms with Gasteiger partial charge >= 0.3 is 5.97 Å². The molecule has 1 aliphatic carbocycles. The molecule has 7 heteroatoms. The number of rotatable bonds is 18. The standard InChI is InChI=1S/C34H46F2O5/c1-2-3-22-34(35,36)32(38)21-20-29-28(30(37)23-31(29)40-24-26-14-8-6-9-15-26)18-12-4-5-13-19-33(39)41-25-27-16-10-7-11-17-27/h4,6-12,14-17,28-32,37-38H,2-3,5,13,18-25H2,1H3/t28-,29-,30+,31-,32?/m1/s1. The highest BCUT2D eigenvalue weighted by molar-refractivity contribution is 5.69. The summed E-state index contributed by atoms with van der Waals surface area (Å²) in [5.74, 6) is -3.66. The second-order valence-corrected chi connectivity index (χ2v) is 11.2. The van der Waals surface area contributed by atoms with Crippen LogP contribution in [-0.4, -0.2) is 40.4 Å². The molecule has 3 rings (SSSR count). The van der Waals surface area contributed by atoms with Crippen LogP contribution in [-0.2, 0) is 27.5 Å². The molecule has 1 unspecified atom stereocenters. The van der Waals surface area contributed by atoms with Crippen molar-refractivity contribution in [1.29, 1.82) is 0 Å². The lowest BCUT2D eigenvalue weighted by Crippen LogP contribution is -2.35. The Morgan fingerprint density at radius 1 is 1.00 bits per heavy atom. The fraction of sp³-hybridized carbons (Fsp3) is 0.559. The molecule has 2 N–H and O–H groups in total. The maximum absolute atomic E-state index is 14.5. The first kappa shape index (κ1) is 32.9. The van der Waals surface area contributed by atoms with Gasteiger partial charge in [0.05, 0.1) is 18.8 Å². The lowest BCUT2D eigenvalue weighted by atomic mass is 9.85. The SMILES string of the molecule is CCCCC(F)(F)C(O)CC[C@@H]1[C@@H](CC=CCCCC(=O)OCc2ccccc2)[C@@H](O)C[C@H]1OCc1ccccc1. The minimum atomic E-state index is -3.12. The first-order valence-corrected chi connectivity index (χ1v) is 15.0. The van der Waals surface area contributed by atoms with Crippen LogP contribution >= 0.6 is 0 Å². The van der Waals surface area contributed by atoms with Crippen LogP contribution < -0.4 is 0 Å². The van der Waals surface area contributed by atoms with E-state index in [2.05, 4.69) is 0 Å². The minimum absolute atomic E-state index is 0.0371. The summed E-state index contributed by atoms with van der Waals surface area (Å²) in [5, 5.41) is 21.2. The highest BCUT2D eigenvalue weighted by atomic mass is 19.3. The first-order chi connectivity index (χ1) is 19.8. The van der Waals surface area contributed by atoms with E-state index in [0.29, 0.717) is 58.0 Å². The van der Waals surface area contributed by atoms with Gasteiger partial charge in [-0.1, -0.05) is 86.2 Å². The fourth-order valence-electron chi connectivity index (χ4n) is 5.54. The summed E-state index contributed by atoms with van der Waals surface area (Å²) in [5.41, 5.74) is 1.96. The summed E-state index contributed by atoms with van der Waals surface area (Å²) < 4.78 is 40.4. The molecule has 5 nitrogen and oxygen atoms in total. The molecule has 0 saturated heterocycles. The molecule has 2 aromatic carbocycles. The molecule has 1 saturated carbocycles. The molecule has 2 aromatic rings. The smallest absolute Gasteiger partial charge is 0.306 e. The number of unbranched alkanes of at least 4 members (excludes halogenated alkanes) is 2. The zero-order valence-corrected chi connectivity index (χ0v) is 24.2. The minimum Gasteiger partial charge on any atom is -0.461 e. The highest BCUT2D eigenvalue weighted by Gasteiger charge is 2.44. The number of allylic oxidation sites excluding steroid dienone is 2. The van der Waals surface area contributed by atoms with Gasteiger partial charge in [0.2, 0.25) is 0 Å². The average molecular weight is 573 g/mol. The first-order valence-electron chi connectivity index (χ1n) is 15.0. The predicted octanol–water partition coefficient (Wildman–Crippen LogP) is 7.40. The van der Waals surface area contributed by atoms with Gasteiger partial charge in [-0.25, -0.2) is 8.78 Å². The van der Waals surface area contributed by atoms with Crippen LogP contribution in [0.25, 0.3) is 0 Å². The van der Waals surface area contributed by atoms with Gasteiger partial charge in [0.15, 0.2) is 0 Å². The zero-order valence-electron chi connectivity index (χ0n) is 24.2. The highest BCUT2D eigenvalue weighted by Crippen LogP contribution is 2.41. The molecule has 0 aromatic heterocycles. The van der Waals surface area contributed by atoms with Gasteiger partial charge in [-0.3, -0.25) is 4.79 Å². The summed E-state index contributed by atoms with van der Waals surface area (Å²) in [6, 6.07) is 19.3. The Labute approximate surface area is 243 Å². The second-order valence-electron chi connectivity index (χ2n) is 11.2. The Bertz CT molecular complexity index is 1030. The number of esters is 1. The molecule has 5 atom stereocenters. The third kappa shape index (κ3) is 11.3. The Balaban J connectivity index is 1.50. The number of aliphatic hydroxyl groups excluding tert-OH is 2. The van der Waals surface area contributed by atoms with Crippen LogP contribution in [0.2, 0.25) is 0 Å². The van der Waals surface area contributed by atoms with E-state index in [1.807, 2.05) is 79.7 Å². The van der Waals surface area contributed by atoms with Crippen molar-refractivity contribution in [3.8, 4) is 0 Å². The quantitative estimate of drug-likeness (QED) is 0.111. The van der Waals surface area contributed by atoms with E-state index in [1.165, 1.54) is 0 Å². The van der Waals surface area contributed by atoms with Gasteiger partial charge < -0.3 is 19.7 Å². The fourth-order valence-corrected chi connectivity index (χ4v) is 5.54. The number of hydrogen-bond acceptors (Lipinski definition) is 5. The number of alkyl halides is 2. The topological polar surface area (TPSA) is 76.0 Å². The van der Waals surface area contributed by atoms with E-state index in [9.17, 15) is 23.8 Å². The number of carbonyl (C=O) groups excluding carboxylic acids is 1. The van der Waals surface area contributed by atoms with Crippen molar-refractivity contribution in [3.63, 3.8) is 0 Å². The summed E-state index contributed by atoms with van der Waals surface area (Å²) in [6.07, 6.45) is 5.11. The average Bonchev–Trinajstić information content (AvgIpc) is 3.28. The summed E-state index contributed by atoms with van der Waals surface area (Å²) in [4.78, 5) is 12.0.